The Hall–Kier alpha value is -2.25. The van der Waals surface area contributed by atoms with Crippen LogP contribution in [-0.4, -0.2) is 34.0 Å². The number of hydrogen-bond donors (Lipinski definition) is 3. The third-order valence-electron chi connectivity index (χ3n) is 4.40. The molecule has 0 fully saturated rings. The summed E-state index contributed by atoms with van der Waals surface area (Å²) in [4.78, 5) is 12.1. The number of rotatable bonds is 5. The summed E-state index contributed by atoms with van der Waals surface area (Å²) < 4.78 is 0. The smallest absolute Gasteiger partial charge is 0.321 e. The van der Waals surface area contributed by atoms with Gasteiger partial charge in [0, 0.05) is 24.0 Å². The van der Waals surface area contributed by atoms with Gasteiger partial charge in [-0.3, -0.25) is 5.32 Å². The minimum absolute atomic E-state index is 0.0645. The van der Waals surface area contributed by atoms with Crippen LogP contribution in [0.25, 0.3) is 0 Å². The van der Waals surface area contributed by atoms with Crippen molar-refractivity contribution in [3.63, 3.8) is 0 Å². The van der Waals surface area contributed by atoms with E-state index in [0.29, 0.717) is 11.6 Å². The summed E-state index contributed by atoms with van der Waals surface area (Å²) in [5, 5.41) is 24.4. The van der Waals surface area contributed by atoms with Crippen LogP contribution in [0.3, 0.4) is 0 Å². The summed E-state index contributed by atoms with van der Waals surface area (Å²) in [6.07, 6.45) is 4.55. The number of anilines is 1. The van der Waals surface area contributed by atoms with Crippen molar-refractivity contribution in [2.24, 2.45) is 5.92 Å². The van der Waals surface area contributed by atoms with Gasteiger partial charge in [0.15, 0.2) is 0 Å². The highest BCUT2D eigenvalue weighted by Crippen LogP contribution is 2.34. The quantitative estimate of drug-likeness (QED) is 0.717. The van der Waals surface area contributed by atoms with Crippen LogP contribution in [0.1, 0.15) is 30.8 Å². The highest BCUT2D eigenvalue weighted by atomic mass is 32.1. The normalized spacial score (nSPS) is 19.8. The first-order valence-electron chi connectivity index (χ1n) is 8.25. The van der Waals surface area contributed by atoms with Gasteiger partial charge in [-0.1, -0.05) is 53.8 Å². The second-order valence-electron chi connectivity index (χ2n) is 6.67. The Morgan fingerprint density at radius 3 is 2.72 bits per heavy atom. The van der Waals surface area contributed by atoms with Crippen LogP contribution in [0.2, 0.25) is 0 Å². The first-order chi connectivity index (χ1) is 12.0. The number of benzene rings is 1. The predicted molar refractivity (Wildman–Crippen MR) is 98.8 cm³/mol. The molecule has 1 aromatic carbocycles. The number of aromatic nitrogens is 2. The van der Waals surface area contributed by atoms with E-state index in [1.807, 2.05) is 30.4 Å². The number of carbonyl (C=O) groups excluding carboxylic acids is 1. The van der Waals surface area contributed by atoms with E-state index in [-0.39, 0.29) is 30.0 Å². The molecule has 0 bridgehead atoms. The van der Waals surface area contributed by atoms with E-state index < -0.39 is 0 Å². The molecule has 0 aliphatic heterocycles. The molecule has 132 valence electrons. The maximum Gasteiger partial charge on any atom is 0.321 e. The molecule has 0 saturated heterocycles. The molecule has 3 rings (SSSR count). The molecule has 6 nitrogen and oxygen atoms in total. The van der Waals surface area contributed by atoms with Crippen LogP contribution < -0.4 is 10.6 Å². The third-order valence-corrected chi connectivity index (χ3v) is 5.56. The number of nitrogens with zero attached hydrogens (tertiary/aromatic N) is 2. The van der Waals surface area contributed by atoms with Crippen molar-refractivity contribution < 1.29 is 9.90 Å². The second-order valence-corrected chi connectivity index (χ2v) is 7.65. The van der Waals surface area contributed by atoms with E-state index >= 15 is 0 Å². The lowest BCUT2D eigenvalue weighted by Crippen LogP contribution is -2.36. The molecule has 25 heavy (non-hydrogen) atoms. The fraction of sp³-hybridized carbons (Fsp3) is 0.389. The number of hydrogen-bond acceptors (Lipinski definition) is 5. The first-order valence-corrected chi connectivity index (χ1v) is 9.07. The lowest BCUT2D eigenvalue weighted by molar-refractivity contribution is 0.238. The molecule has 0 unspecified atom stereocenters. The number of aliphatic hydroxyl groups excluding tert-OH is 1. The topological polar surface area (TPSA) is 87.1 Å². The molecule has 0 spiro atoms. The zero-order valence-electron chi connectivity index (χ0n) is 14.3. The Balaban J connectivity index is 1.62. The number of amides is 2. The van der Waals surface area contributed by atoms with Crippen molar-refractivity contribution >= 4 is 22.5 Å². The molecule has 1 aliphatic rings. The predicted octanol–water partition coefficient (Wildman–Crippen LogP) is 2.92. The molecular formula is C18H22N4O2S. The summed E-state index contributed by atoms with van der Waals surface area (Å²) in [6, 6.07) is 9.73. The van der Waals surface area contributed by atoms with Crippen molar-refractivity contribution in [1.29, 1.82) is 0 Å². The van der Waals surface area contributed by atoms with Gasteiger partial charge in [0.1, 0.15) is 5.01 Å². The van der Waals surface area contributed by atoms with E-state index in [0.717, 1.165) is 10.6 Å². The van der Waals surface area contributed by atoms with Gasteiger partial charge < -0.3 is 10.4 Å². The summed E-state index contributed by atoms with van der Waals surface area (Å²) in [5.41, 5.74) is 0.867. The molecule has 1 aromatic heterocycles. The van der Waals surface area contributed by atoms with Gasteiger partial charge in [-0.05, 0) is 25.8 Å². The number of urea groups is 1. The van der Waals surface area contributed by atoms with Crippen LogP contribution in [0.4, 0.5) is 9.93 Å². The van der Waals surface area contributed by atoms with Crippen LogP contribution in [0.15, 0.2) is 42.5 Å². The zero-order valence-corrected chi connectivity index (χ0v) is 15.1. The number of carbonyl (C=O) groups is 1. The standard InChI is InChI=1S/C18H22N4O2S/c1-18(2,13-6-4-3-5-7-13)15-21-22-17(25-15)20-16(24)19-14-9-8-12(10-14)11-23/h3-9,12,14,23H,10-11H2,1-2H3,(H2,19,20,22,24)/t12-,14+/m0/s1. The van der Waals surface area contributed by atoms with Crippen LogP contribution in [-0.2, 0) is 5.41 Å². The summed E-state index contributed by atoms with van der Waals surface area (Å²) >= 11 is 1.37. The summed E-state index contributed by atoms with van der Waals surface area (Å²) in [7, 11) is 0. The van der Waals surface area contributed by atoms with Crippen molar-refractivity contribution in [2.45, 2.75) is 31.7 Å². The maximum atomic E-state index is 12.1. The van der Waals surface area contributed by atoms with Crippen molar-refractivity contribution in [3.05, 3.63) is 53.1 Å². The van der Waals surface area contributed by atoms with E-state index in [1.54, 1.807) is 0 Å². The molecule has 2 atom stereocenters. The Morgan fingerprint density at radius 2 is 2.04 bits per heavy atom. The van der Waals surface area contributed by atoms with Gasteiger partial charge in [-0.15, -0.1) is 10.2 Å². The maximum absolute atomic E-state index is 12.1. The fourth-order valence-electron chi connectivity index (χ4n) is 2.82. The third kappa shape index (κ3) is 4.05. The number of aliphatic hydroxyl groups is 1. The molecule has 3 N–H and O–H groups in total. The van der Waals surface area contributed by atoms with Crippen molar-refractivity contribution in [1.82, 2.24) is 15.5 Å². The fourth-order valence-corrected chi connectivity index (χ4v) is 3.69. The number of nitrogens with one attached hydrogen (secondary N) is 2. The van der Waals surface area contributed by atoms with Crippen LogP contribution in [0.5, 0.6) is 0 Å². The molecule has 0 saturated carbocycles. The van der Waals surface area contributed by atoms with Gasteiger partial charge in [0.25, 0.3) is 0 Å². The van der Waals surface area contributed by atoms with Gasteiger partial charge in [-0.25, -0.2) is 4.79 Å². The van der Waals surface area contributed by atoms with E-state index in [9.17, 15) is 4.79 Å². The Labute approximate surface area is 151 Å². The van der Waals surface area contributed by atoms with Gasteiger partial charge in [0.2, 0.25) is 5.13 Å². The molecule has 2 amide bonds. The van der Waals surface area contributed by atoms with Gasteiger partial charge in [0.05, 0.1) is 0 Å². The van der Waals surface area contributed by atoms with Gasteiger partial charge >= 0.3 is 6.03 Å². The summed E-state index contributed by atoms with van der Waals surface area (Å²) in [5.74, 6) is 0.116. The highest BCUT2D eigenvalue weighted by Gasteiger charge is 2.28. The lowest BCUT2D eigenvalue weighted by Gasteiger charge is -2.21. The van der Waals surface area contributed by atoms with Crippen LogP contribution in [0, 0.1) is 5.92 Å². The molecule has 1 aliphatic carbocycles. The first kappa shape index (κ1) is 17.6. The second kappa shape index (κ2) is 7.33. The highest BCUT2D eigenvalue weighted by molar-refractivity contribution is 7.15. The summed E-state index contributed by atoms with van der Waals surface area (Å²) in [6.45, 7) is 4.28. The molecule has 1 heterocycles. The van der Waals surface area contributed by atoms with E-state index in [1.165, 1.54) is 11.3 Å². The Bertz CT molecular complexity index is 757. The van der Waals surface area contributed by atoms with Crippen molar-refractivity contribution in [2.75, 3.05) is 11.9 Å². The van der Waals surface area contributed by atoms with Gasteiger partial charge in [-0.2, -0.15) is 0 Å². The monoisotopic (exact) mass is 358 g/mol. The van der Waals surface area contributed by atoms with Crippen molar-refractivity contribution in [3.8, 4) is 0 Å². The Morgan fingerprint density at radius 1 is 1.28 bits per heavy atom. The molecular weight excluding hydrogens is 336 g/mol. The molecule has 7 heteroatoms. The van der Waals surface area contributed by atoms with E-state index in [4.69, 9.17) is 5.11 Å². The molecule has 0 radical (unpaired) electrons. The largest absolute Gasteiger partial charge is 0.396 e. The minimum atomic E-state index is -0.312. The average molecular weight is 358 g/mol. The van der Waals surface area contributed by atoms with Crippen LogP contribution >= 0.6 is 11.3 Å². The lowest BCUT2D eigenvalue weighted by atomic mass is 9.85. The Kier molecular flexibility index (Phi) is 5.15. The minimum Gasteiger partial charge on any atom is -0.396 e. The molecule has 2 aromatic rings. The van der Waals surface area contributed by atoms with E-state index in [2.05, 4.69) is 46.8 Å². The SMILES string of the molecule is CC(C)(c1ccccc1)c1nnc(NC(=O)N[C@@H]2C=C[C@H](CO)C2)s1. The zero-order chi connectivity index (χ0) is 17.9. The average Bonchev–Trinajstić information content (AvgIpc) is 3.25.